The summed E-state index contributed by atoms with van der Waals surface area (Å²) in [5.41, 5.74) is 9.42. The van der Waals surface area contributed by atoms with Gasteiger partial charge in [0, 0.05) is 49.5 Å². The van der Waals surface area contributed by atoms with E-state index in [1.807, 2.05) is 36.4 Å². The average molecular weight is 611 g/mol. The lowest BCUT2D eigenvalue weighted by molar-refractivity contribution is 1.02. The zero-order chi connectivity index (χ0) is 31.5. The van der Waals surface area contributed by atoms with E-state index in [1.54, 1.807) is 6.20 Å². The van der Waals surface area contributed by atoms with Crippen molar-refractivity contribution in [2.24, 2.45) is 0 Å². The highest BCUT2D eigenvalue weighted by Gasteiger charge is 2.26. The summed E-state index contributed by atoms with van der Waals surface area (Å²) in [5.74, 6) is 0.582. The minimum Gasteiger partial charge on any atom is -0.308 e. The fourth-order valence-corrected chi connectivity index (χ4v) is 7.92. The number of hydrogen-bond acceptors (Lipinski definition) is 3. The summed E-state index contributed by atoms with van der Waals surface area (Å²) in [4.78, 5) is 18.9. The third-order valence-electron chi connectivity index (χ3n) is 9.90. The molecule has 0 saturated heterocycles. The number of aromatic nitrogens is 5. The highest BCUT2D eigenvalue weighted by Crippen LogP contribution is 2.47. The maximum absolute atomic E-state index is 7.47. The molecule has 6 heteroatoms. The molecule has 0 unspecified atom stereocenters. The fraction of sp³-hybridized carbons (Fsp3) is 0. The molecule has 0 radical (unpaired) electrons. The Bertz CT molecular complexity index is 3180. The first kappa shape index (κ1) is 25.4. The lowest BCUT2D eigenvalue weighted by Gasteiger charge is -2.13. The van der Waals surface area contributed by atoms with Gasteiger partial charge >= 0.3 is 0 Å². The van der Waals surface area contributed by atoms with Crippen LogP contribution in [0.1, 0.15) is 0 Å². The molecule has 0 aliphatic carbocycles. The van der Waals surface area contributed by atoms with Crippen molar-refractivity contribution in [3.63, 3.8) is 0 Å². The molecule has 0 aliphatic heterocycles. The second-order valence-corrected chi connectivity index (χ2v) is 12.3. The van der Waals surface area contributed by atoms with Gasteiger partial charge in [0.25, 0.3) is 0 Å². The van der Waals surface area contributed by atoms with Gasteiger partial charge in [-0.05, 0) is 35.7 Å². The lowest BCUT2D eigenvalue weighted by Crippen LogP contribution is -2.04. The summed E-state index contributed by atoms with van der Waals surface area (Å²) in [6.07, 6.45) is 1.78. The second kappa shape index (κ2) is 9.12. The zero-order valence-electron chi connectivity index (χ0n) is 25.4. The summed E-state index contributed by atoms with van der Waals surface area (Å²) in [6, 6.07) is 44.3. The summed E-state index contributed by atoms with van der Waals surface area (Å²) >= 11 is 0. The van der Waals surface area contributed by atoms with Crippen LogP contribution in [0.3, 0.4) is 0 Å². The van der Waals surface area contributed by atoms with Crippen LogP contribution in [0.25, 0.3) is 104 Å². The van der Waals surface area contributed by atoms with Crippen LogP contribution in [0.15, 0.2) is 134 Å². The molecule has 0 spiro atoms. The molecule has 5 aromatic heterocycles. The van der Waals surface area contributed by atoms with Crippen LogP contribution in [0, 0.1) is 6.57 Å². The standard InChI is InChI=1S/C42H22N6/c1-43-26-19-16-25(17-20-26)37-38-33(13-8-22-44-38)45-42(46-37)48-39-27-10-3-2-9-24(27)18-21-29(39)32-23-31-28-11-4-6-14-34(28)47-35-15-7-5-12-30(35)36(40(31)47)41(32)48/h2-23H. The molecular formula is C42H22N6. The van der Waals surface area contributed by atoms with Gasteiger partial charge in [0.2, 0.25) is 5.95 Å². The van der Waals surface area contributed by atoms with Crippen LogP contribution in [-0.2, 0) is 0 Å². The van der Waals surface area contributed by atoms with Crippen LogP contribution in [-0.4, -0.2) is 23.9 Å². The molecule has 0 bridgehead atoms. The summed E-state index contributed by atoms with van der Waals surface area (Å²) < 4.78 is 4.71. The van der Waals surface area contributed by atoms with Crippen molar-refractivity contribution < 1.29 is 0 Å². The molecule has 5 heterocycles. The molecule has 11 rings (SSSR count). The van der Waals surface area contributed by atoms with Crippen LogP contribution < -0.4 is 0 Å². The predicted molar refractivity (Wildman–Crippen MR) is 196 cm³/mol. The van der Waals surface area contributed by atoms with Crippen molar-refractivity contribution in [1.82, 2.24) is 23.9 Å². The van der Waals surface area contributed by atoms with Gasteiger partial charge in [-0.15, -0.1) is 0 Å². The summed E-state index contributed by atoms with van der Waals surface area (Å²) in [5, 5.41) is 9.47. The number of para-hydroxylation sites is 2. The van der Waals surface area contributed by atoms with Gasteiger partial charge in [-0.1, -0.05) is 97.1 Å². The van der Waals surface area contributed by atoms with Crippen molar-refractivity contribution in [1.29, 1.82) is 0 Å². The first-order chi connectivity index (χ1) is 23.8. The van der Waals surface area contributed by atoms with Crippen molar-refractivity contribution >= 4 is 87.4 Å². The van der Waals surface area contributed by atoms with E-state index in [0.29, 0.717) is 11.6 Å². The SMILES string of the molecule is [C-]#[N+]c1ccc(-c2nc(-n3c4c5ccccc5ccc4c4cc5c6ccccc6n6c7ccccc7c(c43)c56)nc3cccnc23)cc1. The highest BCUT2D eigenvalue weighted by molar-refractivity contribution is 6.35. The van der Waals surface area contributed by atoms with Gasteiger partial charge in [-0.2, -0.15) is 0 Å². The molecule has 0 N–H and O–H groups in total. The number of hydrogen-bond donors (Lipinski definition) is 0. The molecule has 6 nitrogen and oxygen atoms in total. The monoisotopic (exact) mass is 610 g/mol. The van der Waals surface area contributed by atoms with E-state index in [-0.39, 0.29) is 0 Å². The maximum atomic E-state index is 7.47. The number of rotatable bonds is 2. The largest absolute Gasteiger partial charge is 0.308 e. The number of fused-ring (bicyclic) bond motifs is 13. The minimum atomic E-state index is 0.582. The molecule has 220 valence electrons. The summed E-state index contributed by atoms with van der Waals surface area (Å²) in [6.45, 7) is 7.47. The Labute approximate surface area is 272 Å². The molecule has 11 aromatic rings. The molecule has 48 heavy (non-hydrogen) atoms. The Morgan fingerprint density at radius 3 is 2.12 bits per heavy atom. The average Bonchev–Trinajstić information content (AvgIpc) is 3.79. The predicted octanol–water partition coefficient (Wildman–Crippen LogP) is 10.6. The second-order valence-electron chi connectivity index (χ2n) is 12.3. The lowest BCUT2D eigenvalue weighted by atomic mass is 10.0. The third kappa shape index (κ3) is 3.17. The summed E-state index contributed by atoms with van der Waals surface area (Å²) in [7, 11) is 0. The third-order valence-corrected chi connectivity index (χ3v) is 9.90. The Morgan fingerprint density at radius 2 is 1.29 bits per heavy atom. The molecule has 0 fully saturated rings. The topological polar surface area (TPSA) is 52.4 Å². The van der Waals surface area contributed by atoms with E-state index in [2.05, 4.69) is 105 Å². The Morgan fingerprint density at radius 1 is 0.562 bits per heavy atom. The first-order valence-electron chi connectivity index (χ1n) is 15.9. The zero-order valence-corrected chi connectivity index (χ0v) is 25.4. The van der Waals surface area contributed by atoms with E-state index < -0.39 is 0 Å². The van der Waals surface area contributed by atoms with Gasteiger partial charge in [0.15, 0.2) is 5.69 Å². The van der Waals surface area contributed by atoms with E-state index in [0.717, 1.165) is 54.9 Å². The van der Waals surface area contributed by atoms with Gasteiger partial charge in [-0.25, -0.2) is 14.8 Å². The molecule has 0 saturated carbocycles. The normalized spacial score (nSPS) is 12.1. The molecular weight excluding hydrogens is 589 g/mol. The highest BCUT2D eigenvalue weighted by atomic mass is 15.2. The van der Waals surface area contributed by atoms with Gasteiger partial charge in [-0.3, -0.25) is 9.55 Å². The van der Waals surface area contributed by atoms with Crippen molar-refractivity contribution in [2.45, 2.75) is 0 Å². The molecule has 6 aromatic carbocycles. The van der Waals surface area contributed by atoms with Crippen LogP contribution in [0.2, 0.25) is 0 Å². The molecule has 0 atom stereocenters. The number of benzene rings is 6. The van der Waals surface area contributed by atoms with Gasteiger partial charge in [0.05, 0.1) is 39.7 Å². The van der Waals surface area contributed by atoms with Gasteiger partial charge in [0.1, 0.15) is 11.2 Å². The van der Waals surface area contributed by atoms with E-state index in [9.17, 15) is 0 Å². The minimum absolute atomic E-state index is 0.582. The van der Waals surface area contributed by atoms with Crippen LogP contribution in [0.5, 0.6) is 0 Å². The van der Waals surface area contributed by atoms with Crippen molar-refractivity contribution in [2.75, 3.05) is 0 Å². The quantitative estimate of drug-likeness (QED) is 0.183. The smallest absolute Gasteiger partial charge is 0.235 e. The van der Waals surface area contributed by atoms with E-state index in [4.69, 9.17) is 21.5 Å². The van der Waals surface area contributed by atoms with Crippen molar-refractivity contribution in [3.8, 4) is 17.2 Å². The number of nitrogens with zero attached hydrogens (tertiary/aromatic N) is 6. The Hall–Kier alpha value is -6.84. The Balaban J connectivity index is 1.40. The van der Waals surface area contributed by atoms with E-state index in [1.165, 1.54) is 38.1 Å². The fourth-order valence-electron chi connectivity index (χ4n) is 7.92. The molecule has 0 aliphatic rings. The van der Waals surface area contributed by atoms with E-state index >= 15 is 0 Å². The van der Waals surface area contributed by atoms with Gasteiger partial charge < -0.3 is 4.40 Å². The van der Waals surface area contributed by atoms with Crippen molar-refractivity contribution in [3.05, 3.63) is 145 Å². The van der Waals surface area contributed by atoms with Crippen LogP contribution >= 0.6 is 0 Å². The first-order valence-corrected chi connectivity index (χ1v) is 15.9. The van der Waals surface area contributed by atoms with Crippen LogP contribution in [0.4, 0.5) is 5.69 Å². The number of pyridine rings is 1. The molecule has 0 amide bonds. The maximum Gasteiger partial charge on any atom is 0.235 e. The Kier molecular flexibility index (Phi) is 4.82.